The molecule has 1 aromatic rings. The van der Waals surface area contributed by atoms with E-state index in [2.05, 4.69) is 21.8 Å². The molecule has 0 aliphatic heterocycles. The van der Waals surface area contributed by atoms with E-state index in [-0.39, 0.29) is 0 Å². The monoisotopic (exact) mass is 268 g/mol. The quantitative estimate of drug-likeness (QED) is 0.912. The Morgan fingerprint density at radius 3 is 2.67 bits per heavy atom. The highest BCUT2D eigenvalue weighted by Crippen LogP contribution is 2.26. The van der Waals surface area contributed by atoms with Gasteiger partial charge in [0.1, 0.15) is 11.0 Å². The van der Waals surface area contributed by atoms with Gasteiger partial charge in [-0.05, 0) is 32.1 Å². The molecule has 5 heteroatoms. The highest BCUT2D eigenvalue weighted by molar-refractivity contribution is 6.29. The Labute approximate surface area is 114 Å². The third kappa shape index (κ3) is 3.33. The normalized spacial score (nSPS) is 23.9. The fourth-order valence-electron chi connectivity index (χ4n) is 2.61. The SMILES string of the molecule is CCCN(c1cncc(Cl)n1)C1CCC(N)CC1. The fraction of sp³-hybridized carbons (Fsp3) is 0.692. The van der Waals surface area contributed by atoms with Gasteiger partial charge in [-0.2, -0.15) is 0 Å². The molecule has 2 rings (SSSR count). The summed E-state index contributed by atoms with van der Waals surface area (Å²) >= 11 is 5.93. The van der Waals surface area contributed by atoms with Crippen LogP contribution in [0, 0.1) is 0 Å². The molecule has 4 nitrogen and oxygen atoms in total. The maximum Gasteiger partial charge on any atom is 0.149 e. The summed E-state index contributed by atoms with van der Waals surface area (Å²) in [7, 11) is 0. The maximum absolute atomic E-state index is 5.97. The van der Waals surface area contributed by atoms with Crippen LogP contribution in [-0.2, 0) is 0 Å². The lowest BCUT2D eigenvalue weighted by Crippen LogP contribution is -2.41. The van der Waals surface area contributed by atoms with Gasteiger partial charge in [0.25, 0.3) is 0 Å². The minimum Gasteiger partial charge on any atom is -0.352 e. The molecule has 0 amide bonds. The van der Waals surface area contributed by atoms with Crippen LogP contribution in [0.5, 0.6) is 0 Å². The molecule has 18 heavy (non-hydrogen) atoms. The first-order valence-electron chi connectivity index (χ1n) is 6.70. The van der Waals surface area contributed by atoms with Crippen molar-refractivity contribution >= 4 is 17.4 Å². The van der Waals surface area contributed by atoms with Crippen molar-refractivity contribution < 1.29 is 0 Å². The number of anilines is 1. The van der Waals surface area contributed by atoms with Crippen LogP contribution in [0.15, 0.2) is 12.4 Å². The fourth-order valence-corrected chi connectivity index (χ4v) is 2.75. The number of hydrogen-bond donors (Lipinski definition) is 1. The second kappa shape index (κ2) is 6.34. The molecule has 0 unspecified atom stereocenters. The summed E-state index contributed by atoms with van der Waals surface area (Å²) in [6.45, 7) is 3.18. The highest BCUT2D eigenvalue weighted by Gasteiger charge is 2.25. The summed E-state index contributed by atoms with van der Waals surface area (Å²) in [5.41, 5.74) is 5.97. The van der Waals surface area contributed by atoms with Gasteiger partial charge in [0.2, 0.25) is 0 Å². The molecule has 0 saturated heterocycles. The second-order valence-electron chi connectivity index (χ2n) is 4.96. The zero-order valence-corrected chi connectivity index (χ0v) is 11.6. The minimum absolute atomic E-state index is 0.371. The maximum atomic E-state index is 5.97. The Morgan fingerprint density at radius 1 is 1.33 bits per heavy atom. The van der Waals surface area contributed by atoms with Crippen LogP contribution in [0.3, 0.4) is 0 Å². The molecular formula is C13H21ClN4. The van der Waals surface area contributed by atoms with Crippen molar-refractivity contribution in [3.05, 3.63) is 17.5 Å². The summed E-state index contributed by atoms with van der Waals surface area (Å²) in [5.74, 6) is 0.893. The van der Waals surface area contributed by atoms with Crippen molar-refractivity contribution in [1.29, 1.82) is 0 Å². The summed E-state index contributed by atoms with van der Waals surface area (Å²) < 4.78 is 0. The zero-order valence-electron chi connectivity index (χ0n) is 10.8. The standard InChI is InChI=1S/C13H21ClN4/c1-2-7-18(11-5-3-10(15)4-6-11)13-9-16-8-12(14)17-13/h8-11H,2-7,15H2,1H3. The third-order valence-electron chi connectivity index (χ3n) is 3.53. The van der Waals surface area contributed by atoms with E-state index in [9.17, 15) is 0 Å². The van der Waals surface area contributed by atoms with E-state index < -0.39 is 0 Å². The van der Waals surface area contributed by atoms with Crippen LogP contribution in [0.4, 0.5) is 5.82 Å². The molecule has 2 N–H and O–H groups in total. The van der Waals surface area contributed by atoms with E-state index in [1.165, 1.54) is 0 Å². The number of hydrogen-bond acceptors (Lipinski definition) is 4. The predicted octanol–water partition coefficient (Wildman–Crippen LogP) is 2.62. The van der Waals surface area contributed by atoms with Gasteiger partial charge in [0.05, 0.1) is 12.4 Å². The van der Waals surface area contributed by atoms with Gasteiger partial charge in [-0.15, -0.1) is 0 Å². The van der Waals surface area contributed by atoms with Crippen molar-refractivity contribution in [2.24, 2.45) is 5.73 Å². The third-order valence-corrected chi connectivity index (χ3v) is 3.72. The smallest absolute Gasteiger partial charge is 0.149 e. The Balaban J connectivity index is 2.12. The minimum atomic E-state index is 0.371. The number of halogens is 1. The highest BCUT2D eigenvalue weighted by atomic mass is 35.5. The lowest BCUT2D eigenvalue weighted by molar-refractivity contribution is 0.374. The van der Waals surface area contributed by atoms with Gasteiger partial charge < -0.3 is 10.6 Å². The molecule has 0 atom stereocenters. The Morgan fingerprint density at radius 2 is 2.06 bits per heavy atom. The van der Waals surface area contributed by atoms with Crippen LogP contribution < -0.4 is 10.6 Å². The van der Waals surface area contributed by atoms with Gasteiger partial charge in [-0.1, -0.05) is 18.5 Å². The average molecular weight is 269 g/mol. The molecule has 1 saturated carbocycles. The number of rotatable bonds is 4. The number of nitrogens with two attached hydrogens (primary N) is 1. The Bertz CT molecular complexity index is 377. The van der Waals surface area contributed by atoms with E-state index in [1.807, 2.05) is 0 Å². The van der Waals surface area contributed by atoms with Gasteiger partial charge in [-0.3, -0.25) is 4.98 Å². The zero-order chi connectivity index (χ0) is 13.0. The summed E-state index contributed by atoms with van der Waals surface area (Å²) in [6, 6.07) is 0.896. The first-order valence-corrected chi connectivity index (χ1v) is 7.08. The predicted molar refractivity (Wildman–Crippen MR) is 74.9 cm³/mol. The van der Waals surface area contributed by atoms with Crippen LogP contribution in [-0.4, -0.2) is 28.6 Å². The molecule has 0 spiro atoms. The van der Waals surface area contributed by atoms with Crippen LogP contribution >= 0.6 is 11.6 Å². The van der Waals surface area contributed by atoms with Gasteiger partial charge in [0, 0.05) is 18.6 Å². The topological polar surface area (TPSA) is 55.0 Å². The van der Waals surface area contributed by atoms with Crippen molar-refractivity contribution in [3.8, 4) is 0 Å². The molecule has 1 heterocycles. The first-order chi connectivity index (χ1) is 8.70. The van der Waals surface area contributed by atoms with Gasteiger partial charge in [-0.25, -0.2) is 4.98 Å². The largest absolute Gasteiger partial charge is 0.352 e. The van der Waals surface area contributed by atoms with E-state index >= 15 is 0 Å². The van der Waals surface area contributed by atoms with Crippen molar-refractivity contribution in [3.63, 3.8) is 0 Å². The van der Waals surface area contributed by atoms with Crippen molar-refractivity contribution in [2.45, 2.75) is 51.1 Å². The molecule has 0 aromatic carbocycles. The Hall–Kier alpha value is -0.870. The number of nitrogens with zero attached hydrogens (tertiary/aromatic N) is 3. The molecule has 0 bridgehead atoms. The summed E-state index contributed by atoms with van der Waals surface area (Å²) in [4.78, 5) is 10.9. The lowest BCUT2D eigenvalue weighted by Gasteiger charge is -2.36. The van der Waals surface area contributed by atoms with Crippen molar-refractivity contribution in [2.75, 3.05) is 11.4 Å². The molecule has 1 aromatic heterocycles. The van der Waals surface area contributed by atoms with E-state index in [0.29, 0.717) is 17.2 Å². The van der Waals surface area contributed by atoms with Gasteiger partial charge >= 0.3 is 0 Å². The molecule has 1 fully saturated rings. The van der Waals surface area contributed by atoms with Crippen molar-refractivity contribution in [1.82, 2.24) is 9.97 Å². The molecular weight excluding hydrogens is 248 g/mol. The first kappa shape index (κ1) is 13.6. The van der Waals surface area contributed by atoms with Crippen LogP contribution in [0.25, 0.3) is 0 Å². The molecule has 1 aliphatic rings. The summed E-state index contributed by atoms with van der Waals surface area (Å²) in [6.07, 6.45) is 8.93. The Kier molecular flexibility index (Phi) is 4.78. The van der Waals surface area contributed by atoms with E-state index in [4.69, 9.17) is 17.3 Å². The van der Waals surface area contributed by atoms with E-state index in [1.54, 1.807) is 12.4 Å². The van der Waals surface area contributed by atoms with Crippen LogP contribution in [0.2, 0.25) is 5.15 Å². The molecule has 1 aliphatic carbocycles. The summed E-state index contributed by atoms with van der Waals surface area (Å²) in [5, 5.41) is 0.459. The average Bonchev–Trinajstić information content (AvgIpc) is 2.37. The molecule has 100 valence electrons. The second-order valence-corrected chi connectivity index (χ2v) is 5.35. The van der Waals surface area contributed by atoms with Gasteiger partial charge in [0.15, 0.2) is 0 Å². The van der Waals surface area contributed by atoms with E-state index in [0.717, 1.165) is 44.5 Å². The lowest BCUT2D eigenvalue weighted by atomic mass is 9.90. The van der Waals surface area contributed by atoms with Crippen LogP contribution in [0.1, 0.15) is 39.0 Å². The number of aromatic nitrogens is 2. The molecule has 0 radical (unpaired) electrons.